The van der Waals surface area contributed by atoms with Crippen molar-refractivity contribution in [2.45, 2.75) is 18.9 Å². The molecule has 0 amide bonds. The van der Waals surface area contributed by atoms with E-state index in [4.69, 9.17) is 0 Å². The number of hydrogen-bond acceptors (Lipinski definition) is 6. The minimum atomic E-state index is -0.369. The van der Waals surface area contributed by atoms with E-state index in [0.29, 0.717) is 11.7 Å². The summed E-state index contributed by atoms with van der Waals surface area (Å²) in [6.45, 7) is 2.21. The van der Waals surface area contributed by atoms with E-state index >= 15 is 0 Å². The van der Waals surface area contributed by atoms with E-state index in [-0.39, 0.29) is 5.97 Å². The van der Waals surface area contributed by atoms with Gasteiger partial charge in [0.15, 0.2) is 10.8 Å². The summed E-state index contributed by atoms with van der Waals surface area (Å²) < 4.78 is 4.67. The number of esters is 1. The van der Waals surface area contributed by atoms with Crippen LogP contribution < -0.4 is 4.90 Å². The number of carbonyl (C=O) groups is 1. The highest BCUT2D eigenvalue weighted by Crippen LogP contribution is 2.24. The van der Waals surface area contributed by atoms with Crippen LogP contribution in [0.1, 0.15) is 23.3 Å². The predicted octanol–water partition coefficient (Wildman–Crippen LogP) is 1.46. The van der Waals surface area contributed by atoms with Crippen LogP contribution in [0.3, 0.4) is 0 Å². The van der Waals surface area contributed by atoms with E-state index in [1.54, 1.807) is 5.38 Å². The molecule has 0 spiro atoms. The third kappa shape index (κ3) is 2.81. The molecule has 0 bridgehead atoms. The number of carbonyl (C=O) groups excluding carboxylic acids is 1. The van der Waals surface area contributed by atoms with Gasteiger partial charge in [0.1, 0.15) is 0 Å². The van der Waals surface area contributed by atoms with Gasteiger partial charge in [-0.2, -0.15) is 0 Å². The van der Waals surface area contributed by atoms with E-state index in [9.17, 15) is 4.79 Å². The van der Waals surface area contributed by atoms with E-state index in [2.05, 4.69) is 26.6 Å². The first-order chi connectivity index (χ1) is 8.61. The molecule has 0 radical (unpaired) electrons. The van der Waals surface area contributed by atoms with Crippen molar-refractivity contribution in [3.8, 4) is 0 Å². The van der Waals surface area contributed by atoms with Crippen molar-refractivity contribution in [2.75, 3.05) is 39.2 Å². The molecule has 0 saturated carbocycles. The Morgan fingerprint density at radius 2 is 2.44 bits per heavy atom. The topological polar surface area (TPSA) is 45.7 Å². The molecule has 18 heavy (non-hydrogen) atoms. The molecule has 1 unspecified atom stereocenters. The van der Waals surface area contributed by atoms with Gasteiger partial charge in [0, 0.05) is 25.0 Å². The predicted molar refractivity (Wildman–Crippen MR) is 72.4 cm³/mol. The Labute approximate surface area is 111 Å². The molecule has 0 N–H and O–H groups in total. The number of anilines is 1. The lowest BCUT2D eigenvalue weighted by Crippen LogP contribution is -2.45. The number of rotatable bonds is 3. The summed E-state index contributed by atoms with van der Waals surface area (Å²) in [5.41, 5.74) is 0.397. The minimum Gasteiger partial charge on any atom is -0.464 e. The Morgan fingerprint density at radius 1 is 1.67 bits per heavy atom. The van der Waals surface area contributed by atoms with Crippen LogP contribution in [0.2, 0.25) is 0 Å². The van der Waals surface area contributed by atoms with Crippen LogP contribution in [0.25, 0.3) is 0 Å². The smallest absolute Gasteiger partial charge is 0.357 e. The molecular formula is C12H19N3O2S. The first kappa shape index (κ1) is 13.3. The molecule has 5 nitrogen and oxygen atoms in total. The second-order valence-electron chi connectivity index (χ2n) is 4.68. The normalized spacial score (nSPS) is 20.7. The zero-order chi connectivity index (χ0) is 13.1. The summed E-state index contributed by atoms with van der Waals surface area (Å²) in [4.78, 5) is 20.2. The number of likely N-dealkylation sites (tertiary alicyclic amines) is 1. The maximum absolute atomic E-state index is 11.4. The molecule has 1 aliphatic rings. The number of thiazole rings is 1. The zero-order valence-corrected chi connectivity index (χ0v) is 11.9. The molecule has 1 aromatic heterocycles. The fourth-order valence-electron chi connectivity index (χ4n) is 2.24. The quantitative estimate of drug-likeness (QED) is 0.777. The Balaban J connectivity index is 2.06. The summed E-state index contributed by atoms with van der Waals surface area (Å²) in [5.74, 6) is -0.369. The molecule has 6 heteroatoms. The molecule has 0 aromatic carbocycles. The minimum absolute atomic E-state index is 0.369. The van der Waals surface area contributed by atoms with Crippen LogP contribution in [0.4, 0.5) is 5.13 Å². The highest BCUT2D eigenvalue weighted by atomic mass is 32.1. The monoisotopic (exact) mass is 269 g/mol. The standard InChI is InChI=1S/C12H19N3O2S/c1-14-6-4-5-9(7-14)15(2)12-13-10(8-18-12)11(16)17-3/h8-9H,4-7H2,1-3H3. The summed E-state index contributed by atoms with van der Waals surface area (Å²) in [6, 6.07) is 0.473. The van der Waals surface area contributed by atoms with Crippen LogP contribution in [-0.4, -0.2) is 56.2 Å². The van der Waals surface area contributed by atoms with Gasteiger partial charge >= 0.3 is 5.97 Å². The number of piperidine rings is 1. The Hall–Kier alpha value is -1.14. The van der Waals surface area contributed by atoms with E-state index in [1.807, 2.05) is 7.05 Å². The van der Waals surface area contributed by atoms with Crippen molar-refractivity contribution in [1.82, 2.24) is 9.88 Å². The van der Waals surface area contributed by atoms with Crippen LogP contribution >= 0.6 is 11.3 Å². The second-order valence-corrected chi connectivity index (χ2v) is 5.51. The van der Waals surface area contributed by atoms with Crippen molar-refractivity contribution in [3.05, 3.63) is 11.1 Å². The van der Waals surface area contributed by atoms with Gasteiger partial charge in [-0.3, -0.25) is 0 Å². The SMILES string of the molecule is COC(=O)c1csc(N(C)C2CCCN(C)C2)n1. The summed E-state index contributed by atoms with van der Waals surface area (Å²) in [5, 5.41) is 2.64. The third-order valence-electron chi connectivity index (χ3n) is 3.34. The zero-order valence-electron chi connectivity index (χ0n) is 11.0. The maximum Gasteiger partial charge on any atom is 0.357 e. The van der Waals surface area contributed by atoms with Gasteiger partial charge in [-0.1, -0.05) is 0 Å². The van der Waals surface area contributed by atoms with Crippen LogP contribution in [0.15, 0.2) is 5.38 Å². The maximum atomic E-state index is 11.4. The molecule has 2 rings (SSSR count). The van der Waals surface area contributed by atoms with Crippen LogP contribution in [0, 0.1) is 0 Å². The Kier molecular flexibility index (Phi) is 4.19. The van der Waals surface area contributed by atoms with Gasteiger partial charge in [0.2, 0.25) is 0 Å². The second kappa shape index (κ2) is 5.67. The summed E-state index contributed by atoms with van der Waals surface area (Å²) in [7, 11) is 5.56. The third-order valence-corrected chi connectivity index (χ3v) is 4.27. The van der Waals surface area contributed by atoms with Gasteiger partial charge in [-0.25, -0.2) is 9.78 Å². The molecule has 2 heterocycles. The van der Waals surface area contributed by atoms with Crippen molar-refractivity contribution >= 4 is 22.4 Å². The number of likely N-dealkylation sites (N-methyl/N-ethyl adjacent to an activating group) is 2. The van der Waals surface area contributed by atoms with Crippen molar-refractivity contribution in [1.29, 1.82) is 0 Å². The number of hydrogen-bond donors (Lipinski definition) is 0. The van der Waals surface area contributed by atoms with Crippen LogP contribution in [0.5, 0.6) is 0 Å². The van der Waals surface area contributed by atoms with Crippen molar-refractivity contribution < 1.29 is 9.53 Å². The van der Waals surface area contributed by atoms with Gasteiger partial charge in [0.05, 0.1) is 7.11 Å². The Bertz CT molecular complexity index is 421. The lowest BCUT2D eigenvalue weighted by molar-refractivity contribution is 0.0595. The number of aromatic nitrogens is 1. The molecule has 1 atom stereocenters. The molecular weight excluding hydrogens is 250 g/mol. The molecule has 100 valence electrons. The lowest BCUT2D eigenvalue weighted by atomic mass is 10.1. The highest BCUT2D eigenvalue weighted by Gasteiger charge is 2.23. The molecule has 1 saturated heterocycles. The molecule has 1 fully saturated rings. The number of nitrogens with zero attached hydrogens (tertiary/aromatic N) is 3. The summed E-state index contributed by atoms with van der Waals surface area (Å²) in [6.07, 6.45) is 2.38. The average Bonchev–Trinajstić information content (AvgIpc) is 2.86. The number of ether oxygens (including phenoxy) is 1. The number of methoxy groups -OCH3 is 1. The summed E-state index contributed by atoms with van der Waals surface area (Å²) >= 11 is 1.49. The van der Waals surface area contributed by atoms with Gasteiger partial charge in [0.25, 0.3) is 0 Å². The van der Waals surface area contributed by atoms with Crippen molar-refractivity contribution in [3.63, 3.8) is 0 Å². The first-order valence-electron chi connectivity index (χ1n) is 6.07. The van der Waals surface area contributed by atoms with Crippen LogP contribution in [-0.2, 0) is 4.74 Å². The Morgan fingerprint density at radius 3 is 3.11 bits per heavy atom. The fraction of sp³-hybridized carbons (Fsp3) is 0.667. The molecule has 0 aliphatic carbocycles. The van der Waals surface area contributed by atoms with Crippen molar-refractivity contribution in [2.24, 2.45) is 0 Å². The highest BCUT2D eigenvalue weighted by molar-refractivity contribution is 7.13. The first-order valence-corrected chi connectivity index (χ1v) is 6.95. The largest absolute Gasteiger partial charge is 0.464 e. The van der Waals surface area contributed by atoms with E-state index in [1.165, 1.54) is 31.3 Å². The van der Waals surface area contributed by atoms with Gasteiger partial charge in [-0.05, 0) is 26.4 Å². The average molecular weight is 269 g/mol. The van der Waals surface area contributed by atoms with E-state index < -0.39 is 0 Å². The molecule has 1 aromatic rings. The molecule has 1 aliphatic heterocycles. The van der Waals surface area contributed by atoms with Gasteiger partial charge in [-0.15, -0.1) is 11.3 Å². The lowest BCUT2D eigenvalue weighted by Gasteiger charge is -2.35. The van der Waals surface area contributed by atoms with Gasteiger partial charge < -0.3 is 14.5 Å². The fourth-order valence-corrected chi connectivity index (χ4v) is 3.07. The van der Waals surface area contributed by atoms with E-state index in [0.717, 1.165) is 18.2 Å².